The monoisotopic (exact) mass is 243 g/mol. The summed E-state index contributed by atoms with van der Waals surface area (Å²) in [6, 6.07) is 11.8. The molecule has 0 radical (unpaired) electrons. The fourth-order valence-electron chi connectivity index (χ4n) is 2.16. The van der Waals surface area contributed by atoms with Gasteiger partial charge in [0.1, 0.15) is 5.60 Å². The predicted molar refractivity (Wildman–Crippen MR) is 67.7 cm³/mol. The van der Waals surface area contributed by atoms with E-state index in [4.69, 9.17) is 4.74 Å². The molecule has 1 aliphatic carbocycles. The first-order valence-electron chi connectivity index (χ1n) is 6.09. The first-order chi connectivity index (χ1) is 8.39. The summed E-state index contributed by atoms with van der Waals surface area (Å²) in [5, 5.41) is 9.37. The van der Waals surface area contributed by atoms with Crippen molar-refractivity contribution in [2.45, 2.75) is 38.2 Å². The van der Waals surface area contributed by atoms with Gasteiger partial charge in [-0.2, -0.15) is 5.26 Å². The zero-order valence-corrected chi connectivity index (χ0v) is 10.9. The highest BCUT2D eigenvalue weighted by molar-refractivity contribution is 5.81. The molecule has 0 amide bonds. The maximum absolute atomic E-state index is 12.0. The number of esters is 1. The number of hydrogen-bond acceptors (Lipinski definition) is 3. The highest BCUT2D eigenvalue weighted by Crippen LogP contribution is 2.54. The van der Waals surface area contributed by atoms with E-state index in [1.165, 1.54) is 0 Å². The van der Waals surface area contributed by atoms with Crippen LogP contribution in [-0.4, -0.2) is 11.6 Å². The number of rotatable bonds is 2. The molecule has 1 fully saturated rings. The molecule has 94 valence electrons. The number of hydrogen-bond donors (Lipinski definition) is 0. The molecule has 0 unspecified atom stereocenters. The second kappa shape index (κ2) is 4.13. The smallest absolute Gasteiger partial charge is 0.311 e. The molecule has 2 rings (SSSR count). The minimum Gasteiger partial charge on any atom is -0.460 e. The molecule has 0 aromatic heterocycles. The van der Waals surface area contributed by atoms with Gasteiger partial charge in [0, 0.05) is 0 Å². The van der Waals surface area contributed by atoms with Crippen molar-refractivity contribution in [3.8, 4) is 6.07 Å². The van der Waals surface area contributed by atoms with Gasteiger partial charge in [0.25, 0.3) is 0 Å². The third kappa shape index (κ3) is 2.24. The largest absolute Gasteiger partial charge is 0.460 e. The van der Waals surface area contributed by atoms with Crippen LogP contribution in [0.3, 0.4) is 0 Å². The van der Waals surface area contributed by atoms with Crippen LogP contribution >= 0.6 is 0 Å². The maximum Gasteiger partial charge on any atom is 0.311 e. The topological polar surface area (TPSA) is 50.1 Å². The van der Waals surface area contributed by atoms with Crippen molar-refractivity contribution in [1.82, 2.24) is 0 Å². The van der Waals surface area contributed by atoms with E-state index >= 15 is 0 Å². The molecule has 3 heteroatoms. The molecular weight excluding hydrogens is 226 g/mol. The van der Waals surface area contributed by atoms with Gasteiger partial charge in [0.2, 0.25) is 0 Å². The summed E-state index contributed by atoms with van der Waals surface area (Å²) < 4.78 is 5.35. The predicted octanol–water partition coefficient (Wildman–Crippen LogP) is 2.81. The van der Waals surface area contributed by atoms with Crippen LogP contribution in [-0.2, 0) is 14.9 Å². The van der Waals surface area contributed by atoms with Crippen LogP contribution in [0.15, 0.2) is 30.3 Å². The van der Waals surface area contributed by atoms with Gasteiger partial charge in [-0.05, 0) is 32.8 Å². The van der Waals surface area contributed by atoms with Crippen molar-refractivity contribution in [2.24, 2.45) is 5.92 Å². The first kappa shape index (κ1) is 12.6. The van der Waals surface area contributed by atoms with Crippen LogP contribution in [0.5, 0.6) is 0 Å². The van der Waals surface area contributed by atoms with E-state index in [1.807, 2.05) is 51.1 Å². The van der Waals surface area contributed by atoms with Crippen molar-refractivity contribution < 1.29 is 9.53 Å². The van der Waals surface area contributed by atoms with Crippen LogP contribution in [0.1, 0.15) is 32.8 Å². The molecule has 0 N–H and O–H groups in total. The lowest BCUT2D eigenvalue weighted by atomic mass is 9.95. The lowest BCUT2D eigenvalue weighted by Gasteiger charge is -2.20. The Bertz CT molecular complexity index is 495. The van der Waals surface area contributed by atoms with Gasteiger partial charge in [-0.1, -0.05) is 30.3 Å². The van der Waals surface area contributed by atoms with Gasteiger partial charge in [-0.15, -0.1) is 0 Å². The normalized spacial score (nSPS) is 26.2. The van der Waals surface area contributed by atoms with Crippen LogP contribution < -0.4 is 0 Å². The molecule has 1 saturated carbocycles. The number of carbonyl (C=O) groups excluding carboxylic acids is 1. The van der Waals surface area contributed by atoms with Crippen molar-refractivity contribution in [3.05, 3.63) is 35.9 Å². The SMILES string of the molecule is CC(C)(C)OC(=O)[C@H]1C[C@@]1(C#N)c1ccccc1. The molecule has 18 heavy (non-hydrogen) atoms. The van der Waals surface area contributed by atoms with Gasteiger partial charge in [0.15, 0.2) is 0 Å². The number of nitriles is 1. The Morgan fingerprint density at radius 3 is 2.50 bits per heavy atom. The van der Waals surface area contributed by atoms with E-state index in [0.717, 1.165) is 5.56 Å². The molecule has 0 saturated heterocycles. The summed E-state index contributed by atoms with van der Waals surface area (Å²) in [5.74, 6) is -0.600. The molecule has 2 atom stereocenters. The van der Waals surface area contributed by atoms with Gasteiger partial charge in [0.05, 0.1) is 17.4 Å². The number of carbonyl (C=O) groups is 1. The second-order valence-electron chi connectivity index (χ2n) is 5.74. The van der Waals surface area contributed by atoms with Crippen molar-refractivity contribution in [3.63, 3.8) is 0 Å². The Balaban J connectivity index is 2.17. The average molecular weight is 243 g/mol. The van der Waals surface area contributed by atoms with Gasteiger partial charge >= 0.3 is 5.97 Å². The lowest BCUT2D eigenvalue weighted by molar-refractivity contribution is -0.156. The Kier molecular flexibility index (Phi) is 2.90. The zero-order valence-electron chi connectivity index (χ0n) is 10.9. The first-order valence-corrected chi connectivity index (χ1v) is 6.09. The van der Waals surface area contributed by atoms with Gasteiger partial charge in [-0.25, -0.2) is 0 Å². The number of nitrogens with zero attached hydrogens (tertiary/aromatic N) is 1. The Morgan fingerprint density at radius 2 is 2.00 bits per heavy atom. The maximum atomic E-state index is 12.0. The van der Waals surface area contributed by atoms with Gasteiger partial charge in [-0.3, -0.25) is 4.79 Å². The fraction of sp³-hybridized carbons (Fsp3) is 0.467. The number of ether oxygens (including phenoxy) is 1. The standard InChI is InChI=1S/C15H17NO2/c1-14(2,3)18-13(17)12-9-15(12,10-16)11-7-5-4-6-8-11/h4-8,12H,9H2,1-3H3/t12-,15-/m1/s1. The fourth-order valence-corrected chi connectivity index (χ4v) is 2.16. The van der Waals surface area contributed by atoms with Crippen molar-refractivity contribution >= 4 is 5.97 Å². The summed E-state index contributed by atoms with van der Waals surface area (Å²) >= 11 is 0. The van der Waals surface area contributed by atoms with Crippen molar-refractivity contribution in [2.75, 3.05) is 0 Å². The molecule has 0 aliphatic heterocycles. The second-order valence-corrected chi connectivity index (χ2v) is 5.74. The number of benzene rings is 1. The summed E-state index contributed by atoms with van der Waals surface area (Å²) in [6.45, 7) is 5.51. The van der Waals surface area contributed by atoms with Crippen LogP contribution in [0.4, 0.5) is 0 Å². The molecule has 0 bridgehead atoms. The van der Waals surface area contributed by atoms with Crippen molar-refractivity contribution in [1.29, 1.82) is 5.26 Å². The van der Waals surface area contributed by atoms with E-state index < -0.39 is 11.0 Å². The van der Waals surface area contributed by atoms with Gasteiger partial charge < -0.3 is 4.74 Å². The Labute approximate surface area is 107 Å². The summed E-state index contributed by atoms with van der Waals surface area (Å²) in [4.78, 5) is 12.0. The van der Waals surface area contributed by atoms with E-state index in [9.17, 15) is 10.1 Å². The third-order valence-electron chi connectivity index (χ3n) is 3.14. The molecule has 1 aromatic carbocycles. The molecule has 0 spiro atoms. The molecule has 1 aromatic rings. The molecule has 0 heterocycles. The average Bonchev–Trinajstić information content (AvgIpc) is 3.04. The Morgan fingerprint density at radius 1 is 1.39 bits per heavy atom. The quantitative estimate of drug-likeness (QED) is 0.750. The van der Waals surface area contributed by atoms with Crippen LogP contribution in [0.2, 0.25) is 0 Å². The minimum absolute atomic E-state index is 0.270. The zero-order chi connectivity index (χ0) is 13.4. The summed E-state index contributed by atoms with van der Waals surface area (Å²) in [7, 11) is 0. The minimum atomic E-state index is -0.677. The molecule has 1 aliphatic rings. The highest BCUT2D eigenvalue weighted by atomic mass is 16.6. The summed E-state index contributed by atoms with van der Waals surface area (Å²) in [6.07, 6.45) is 0.558. The molecular formula is C15H17NO2. The lowest BCUT2D eigenvalue weighted by Crippen LogP contribution is -2.27. The Hall–Kier alpha value is -1.82. The molecule has 3 nitrogen and oxygen atoms in total. The summed E-state index contributed by atoms with van der Waals surface area (Å²) in [5.41, 5.74) is -0.274. The van der Waals surface area contributed by atoms with E-state index in [1.54, 1.807) is 0 Å². The third-order valence-corrected chi connectivity index (χ3v) is 3.14. The van der Waals surface area contributed by atoms with Crippen LogP contribution in [0.25, 0.3) is 0 Å². The highest BCUT2D eigenvalue weighted by Gasteiger charge is 2.61. The van der Waals surface area contributed by atoms with Crippen LogP contribution in [0, 0.1) is 17.2 Å². The van der Waals surface area contributed by atoms with E-state index in [2.05, 4.69) is 6.07 Å². The van der Waals surface area contributed by atoms with E-state index in [-0.39, 0.29) is 11.9 Å². The van der Waals surface area contributed by atoms with E-state index in [0.29, 0.717) is 6.42 Å².